The number of hydrogen-bond donors (Lipinski definition) is 0. The fourth-order valence-corrected chi connectivity index (χ4v) is 3.55. The molecule has 0 saturated carbocycles. The summed E-state index contributed by atoms with van der Waals surface area (Å²) in [7, 11) is 0. The van der Waals surface area contributed by atoms with Gasteiger partial charge in [-0.05, 0) is 35.7 Å². The molecule has 26 heavy (non-hydrogen) atoms. The first kappa shape index (κ1) is 16.7. The Labute approximate surface area is 150 Å². The van der Waals surface area contributed by atoms with Gasteiger partial charge >= 0.3 is 0 Å². The molecule has 1 saturated heterocycles. The van der Waals surface area contributed by atoms with Gasteiger partial charge in [0.1, 0.15) is 0 Å². The molecule has 0 N–H and O–H groups in total. The minimum Gasteiger partial charge on any atom is -0.338 e. The van der Waals surface area contributed by atoms with E-state index in [1.165, 1.54) is 22.1 Å². The molecule has 0 aromatic heterocycles. The van der Waals surface area contributed by atoms with E-state index in [0.29, 0.717) is 26.2 Å². The predicted octanol–water partition coefficient (Wildman–Crippen LogP) is 2.62. The van der Waals surface area contributed by atoms with Gasteiger partial charge in [0, 0.05) is 31.7 Å². The third kappa shape index (κ3) is 2.96. The van der Waals surface area contributed by atoms with Gasteiger partial charge in [0.05, 0.1) is 5.92 Å². The topological polar surface area (TPSA) is 40.6 Å². The third-order valence-corrected chi connectivity index (χ3v) is 5.13. The fourth-order valence-electron chi connectivity index (χ4n) is 3.55. The molecule has 0 bridgehead atoms. The molecule has 0 spiro atoms. The lowest BCUT2D eigenvalue weighted by molar-refractivity contribution is -0.140. The average Bonchev–Trinajstić information content (AvgIpc) is 2.62. The summed E-state index contributed by atoms with van der Waals surface area (Å²) in [6.07, 6.45) is 0.839. The molecule has 4 nitrogen and oxygen atoms in total. The van der Waals surface area contributed by atoms with Crippen molar-refractivity contribution in [3.05, 3.63) is 70.8 Å². The van der Waals surface area contributed by atoms with E-state index in [9.17, 15) is 18.4 Å². The van der Waals surface area contributed by atoms with Crippen LogP contribution in [0.3, 0.4) is 0 Å². The lowest BCUT2D eigenvalue weighted by Crippen LogP contribution is -2.56. The molecular formula is C20H18F2N2O2. The molecule has 2 aromatic rings. The van der Waals surface area contributed by atoms with E-state index in [0.717, 1.165) is 18.6 Å². The molecule has 0 aliphatic carbocycles. The zero-order valence-electron chi connectivity index (χ0n) is 14.1. The van der Waals surface area contributed by atoms with Crippen LogP contribution in [0.2, 0.25) is 0 Å². The van der Waals surface area contributed by atoms with Crippen LogP contribution in [0.5, 0.6) is 0 Å². The molecule has 0 unspecified atom stereocenters. The monoisotopic (exact) mass is 356 g/mol. The standard InChI is InChI=1S/C20H18F2N2O2/c21-17-6-5-14(9-18(17)22)19(25)24-11-16(12-24)20(26)23-8-7-13-3-1-2-4-15(13)10-23/h1-6,9,16H,7-8,10-12H2. The van der Waals surface area contributed by atoms with Crippen LogP contribution >= 0.6 is 0 Å². The second-order valence-electron chi connectivity index (χ2n) is 6.81. The number of rotatable bonds is 2. The molecule has 6 heteroatoms. The summed E-state index contributed by atoms with van der Waals surface area (Å²) in [5.41, 5.74) is 2.54. The maximum Gasteiger partial charge on any atom is 0.254 e. The molecule has 2 amide bonds. The number of carbonyl (C=O) groups is 2. The number of nitrogens with zero attached hydrogens (tertiary/aromatic N) is 2. The Morgan fingerprint density at radius 1 is 0.923 bits per heavy atom. The zero-order valence-corrected chi connectivity index (χ0v) is 14.1. The van der Waals surface area contributed by atoms with Crippen LogP contribution in [0.15, 0.2) is 42.5 Å². The summed E-state index contributed by atoms with van der Waals surface area (Å²) in [5, 5.41) is 0. The molecule has 2 aromatic carbocycles. The molecule has 1 fully saturated rings. The van der Waals surface area contributed by atoms with Gasteiger partial charge in [0.15, 0.2) is 11.6 Å². The van der Waals surface area contributed by atoms with E-state index in [1.54, 1.807) is 0 Å². The van der Waals surface area contributed by atoms with E-state index in [4.69, 9.17) is 0 Å². The van der Waals surface area contributed by atoms with Gasteiger partial charge < -0.3 is 9.80 Å². The Hall–Kier alpha value is -2.76. The van der Waals surface area contributed by atoms with Crippen LogP contribution < -0.4 is 0 Å². The maximum atomic E-state index is 13.3. The smallest absolute Gasteiger partial charge is 0.254 e. The van der Waals surface area contributed by atoms with Crippen molar-refractivity contribution in [1.29, 1.82) is 0 Å². The SMILES string of the molecule is O=C(c1ccc(F)c(F)c1)N1CC(C(=O)N2CCc3ccccc3C2)C1. The Morgan fingerprint density at radius 2 is 1.65 bits per heavy atom. The number of likely N-dealkylation sites (tertiary alicyclic amines) is 1. The highest BCUT2D eigenvalue weighted by Crippen LogP contribution is 2.25. The molecule has 2 heterocycles. The molecule has 134 valence electrons. The lowest BCUT2D eigenvalue weighted by atomic mass is 9.94. The van der Waals surface area contributed by atoms with Crippen molar-refractivity contribution < 1.29 is 18.4 Å². The summed E-state index contributed by atoms with van der Waals surface area (Å²) in [4.78, 5) is 28.3. The summed E-state index contributed by atoms with van der Waals surface area (Å²) in [6, 6.07) is 11.2. The summed E-state index contributed by atoms with van der Waals surface area (Å²) >= 11 is 0. The average molecular weight is 356 g/mol. The number of amides is 2. The maximum absolute atomic E-state index is 13.3. The number of hydrogen-bond acceptors (Lipinski definition) is 2. The zero-order chi connectivity index (χ0) is 18.3. The van der Waals surface area contributed by atoms with Crippen LogP contribution in [0.4, 0.5) is 8.78 Å². The van der Waals surface area contributed by atoms with Crippen molar-refractivity contribution in [1.82, 2.24) is 9.80 Å². The van der Waals surface area contributed by atoms with E-state index < -0.39 is 11.6 Å². The first-order valence-electron chi connectivity index (χ1n) is 8.63. The quantitative estimate of drug-likeness (QED) is 0.830. The van der Waals surface area contributed by atoms with Crippen LogP contribution in [0.25, 0.3) is 0 Å². The van der Waals surface area contributed by atoms with Crippen molar-refractivity contribution in [2.75, 3.05) is 19.6 Å². The highest BCUT2D eigenvalue weighted by atomic mass is 19.2. The second kappa shape index (κ2) is 6.52. The van der Waals surface area contributed by atoms with Crippen LogP contribution in [-0.4, -0.2) is 41.2 Å². The molecule has 2 aliphatic rings. The normalized spacial score (nSPS) is 16.8. The second-order valence-corrected chi connectivity index (χ2v) is 6.81. The van der Waals surface area contributed by atoms with Gasteiger partial charge in [-0.1, -0.05) is 24.3 Å². The van der Waals surface area contributed by atoms with Crippen molar-refractivity contribution in [2.24, 2.45) is 5.92 Å². The Kier molecular flexibility index (Phi) is 4.18. The van der Waals surface area contributed by atoms with Crippen LogP contribution in [-0.2, 0) is 17.8 Å². The van der Waals surface area contributed by atoms with Crippen molar-refractivity contribution >= 4 is 11.8 Å². The summed E-state index contributed by atoms with van der Waals surface area (Å²) < 4.78 is 26.3. The Morgan fingerprint density at radius 3 is 2.38 bits per heavy atom. The minimum atomic E-state index is -1.05. The van der Waals surface area contributed by atoms with E-state index in [-0.39, 0.29) is 23.3 Å². The number of benzene rings is 2. The van der Waals surface area contributed by atoms with Gasteiger partial charge in [0.25, 0.3) is 5.91 Å². The minimum absolute atomic E-state index is 0.0499. The largest absolute Gasteiger partial charge is 0.338 e. The number of carbonyl (C=O) groups excluding carboxylic acids is 2. The van der Waals surface area contributed by atoms with Crippen LogP contribution in [0.1, 0.15) is 21.5 Å². The van der Waals surface area contributed by atoms with Gasteiger partial charge in [-0.15, -0.1) is 0 Å². The molecule has 2 aliphatic heterocycles. The Bertz CT molecular complexity index is 878. The molecule has 0 radical (unpaired) electrons. The van der Waals surface area contributed by atoms with Gasteiger partial charge in [0.2, 0.25) is 5.91 Å². The van der Waals surface area contributed by atoms with E-state index in [2.05, 4.69) is 6.07 Å². The predicted molar refractivity (Wildman–Crippen MR) is 91.3 cm³/mol. The molecule has 4 rings (SSSR count). The first-order valence-corrected chi connectivity index (χ1v) is 8.63. The molecule has 0 atom stereocenters. The van der Waals surface area contributed by atoms with Crippen molar-refractivity contribution in [3.63, 3.8) is 0 Å². The first-order chi connectivity index (χ1) is 12.5. The Balaban J connectivity index is 1.36. The van der Waals surface area contributed by atoms with Gasteiger partial charge in [-0.2, -0.15) is 0 Å². The third-order valence-electron chi connectivity index (χ3n) is 5.13. The lowest BCUT2D eigenvalue weighted by Gasteiger charge is -2.41. The van der Waals surface area contributed by atoms with Crippen LogP contribution in [0, 0.1) is 17.6 Å². The fraction of sp³-hybridized carbons (Fsp3) is 0.300. The van der Waals surface area contributed by atoms with Gasteiger partial charge in [-0.25, -0.2) is 8.78 Å². The van der Waals surface area contributed by atoms with E-state index in [1.807, 2.05) is 23.1 Å². The summed E-state index contributed by atoms with van der Waals surface area (Å²) in [5.74, 6) is -2.58. The number of halogens is 2. The van der Waals surface area contributed by atoms with Gasteiger partial charge in [-0.3, -0.25) is 9.59 Å². The van der Waals surface area contributed by atoms with E-state index >= 15 is 0 Å². The summed E-state index contributed by atoms with van der Waals surface area (Å²) in [6.45, 7) is 1.91. The molecular weight excluding hydrogens is 338 g/mol. The highest BCUT2D eigenvalue weighted by molar-refractivity contribution is 5.96. The number of fused-ring (bicyclic) bond motifs is 1. The van der Waals surface area contributed by atoms with Crippen molar-refractivity contribution in [2.45, 2.75) is 13.0 Å². The highest BCUT2D eigenvalue weighted by Gasteiger charge is 2.38. The van der Waals surface area contributed by atoms with Crippen molar-refractivity contribution in [3.8, 4) is 0 Å².